The van der Waals surface area contributed by atoms with E-state index in [9.17, 15) is 4.39 Å². The lowest BCUT2D eigenvalue weighted by Gasteiger charge is -2.17. The molecular weight excluding hydrogens is 352 g/mol. The molecule has 0 aliphatic rings. The quantitative estimate of drug-likeness (QED) is 0.698. The molecule has 100 valence electrons. The minimum atomic E-state index is -0.415. The minimum Gasteiger partial charge on any atom is -0.378 e. The van der Waals surface area contributed by atoms with E-state index in [1.54, 1.807) is 18.2 Å². The lowest BCUT2D eigenvalue weighted by molar-refractivity contribution is 0.627. The fraction of sp³-hybridized carbons (Fsp3) is 0.143. The van der Waals surface area contributed by atoms with Crippen molar-refractivity contribution in [2.24, 2.45) is 0 Å². The van der Waals surface area contributed by atoms with E-state index in [4.69, 9.17) is 23.2 Å². The van der Waals surface area contributed by atoms with E-state index in [1.807, 2.05) is 19.1 Å². The molecule has 1 unspecified atom stereocenters. The third-order valence-electron chi connectivity index (χ3n) is 2.77. The van der Waals surface area contributed by atoms with Gasteiger partial charge in [-0.15, -0.1) is 0 Å². The first-order chi connectivity index (χ1) is 8.99. The van der Waals surface area contributed by atoms with Crippen LogP contribution >= 0.6 is 39.1 Å². The summed E-state index contributed by atoms with van der Waals surface area (Å²) in [6, 6.07) is 10.2. The van der Waals surface area contributed by atoms with Gasteiger partial charge in [-0.3, -0.25) is 0 Å². The SMILES string of the molecule is CC(Nc1cccc(Cl)c1Br)c1ccc(F)c(Cl)c1. The minimum absolute atomic E-state index is 0.0205. The van der Waals surface area contributed by atoms with Crippen molar-refractivity contribution in [2.75, 3.05) is 5.32 Å². The zero-order valence-electron chi connectivity index (χ0n) is 10.1. The highest BCUT2D eigenvalue weighted by Gasteiger charge is 2.11. The van der Waals surface area contributed by atoms with E-state index in [0.29, 0.717) is 5.02 Å². The predicted molar refractivity (Wildman–Crippen MR) is 82.6 cm³/mol. The molecule has 0 fully saturated rings. The molecule has 1 atom stereocenters. The first kappa shape index (κ1) is 14.6. The average Bonchev–Trinajstić information content (AvgIpc) is 2.38. The molecule has 0 saturated carbocycles. The number of hydrogen-bond donors (Lipinski definition) is 1. The Morgan fingerprint density at radius 1 is 1.16 bits per heavy atom. The summed E-state index contributed by atoms with van der Waals surface area (Å²) in [5.41, 5.74) is 1.78. The Hall–Kier alpha value is -0.770. The van der Waals surface area contributed by atoms with Crippen molar-refractivity contribution in [2.45, 2.75) is 13.0 Å². The number of halogens is 4. The second-order valence-electron chi connectivity index (χ2n) is 4.14. The summed E-state index contributed by atoms with van der Waals surface area (Å²) >= 11 is 15.2. The molecule has 2 aromatic carbocycles. The van der Waals surface area contributed by atoms with Crippen LogP contribution in [0.25, 0.3) is 0 Å². The van der Waals surface area contributed by atoms with Gasteiger partial charge in [0.2, 0.25) is 0 Å². The number of hydrogen-bond acceptors (Lipinski definition) is 1. The molecule has 0 bridgehead atoms. The molecule has 0 amide bonds. The van der Waals surface area contributed by atoms with Crippen LogP contribution in [0, 0.1) is 5.82 Å². The van der Waals surface area contributed by atoms with Gasteiger partial charge < -0.3 is 5.32 Å². The van der Waals surface area contributed by atoms with Crippen LogP contribution in [-0.2, 0) is 0 Å². The molecular formula is C14H11BrCl2FN. The zero-order chi connectivity index (χ0) is 14.0. The Labute approximate surface area is 129 Å². The van der Waals surface area contributed by atoms with E-state index >= 15 is 0 Å². The van der Waals surface area contributed by atoms with Gasteiger partial charge >= 0.3 is 0 Å². The summed E-state index contributed by atoms with van der Waals surface area (Å²) in [4.78, 5) is 0. The Balaban J connectivity index is 2.23. The predicted octanol–water partition coefficient (Wildman–Crippen LogP) is 6.07. The maximum atomic E-state index is 13.1. The monoisotopic (exact) mass is 361 g/mol. The number of rotatable bonds is 3. The fourth-order valence-corrected chi connectivity index (χ4v) is 2.46. The molecule has 0 aliphatic carbocycles. The van der Waals surface area contributed by atoms with Gasteiger partial charge in [0.25, 0.3) is 0 Å². The largest absolute Gasteiger partial charge is 0.378 e. The Morgan fingerprint density at radius 2 is 1.89 bits per heavy atom. The van der Waals surface area contributed by atoms with Crippen molar-refractivity contribution in [3.05, 3.63) is 62.3 Å². The van der Waals surface area contributed by atoms with E-state index in [2.05, 4.69) is 21.2 Å². The topological polar surface area (TPSA) is 12.0 Å². The van der Waals surface area contributed by atoms with Crippen LogP contribution in [0.4, 0.5) is 10.1 Å². The van der Waals surface area contributed by atoms with Crippen molar-refractivity contribution >= 4 is 44.8 Å². The number of nitrogens with one attached hydrogen (secondary N) is 1. The average molecular weight is 363 g/mol. The van der Waals surface area contributed by atoms with E-state index in [0.717, 1.165) is 15.7 Å². The molecule has 5 heteroatoms. The van der Waals surface area contributed by atoms with Crippen LogP contribution in [0.1, 0.15) is 18.5 Å². The molecule has 2 rings (SSSR count). The van der Waals surface area contributed by atoms with Crippen molar-refractivity contribution in [1.29, 1.82) is 0 Å². The molecule has 0 aliphatic heterocycles. The van der Waals surface area contributed by atoms with Crippen LogP contribution in [0.5, 0.6) is 0 Å². The van der Waals surface area contributed by atoms with E-state index in [-0.39, 0.29) is 11.1 Å². The fourth-order valence-electron chi connectivity index (χ4n) is 1.71. The lowest BCUT2D eigenvalue weighted by atomic mass is 10.1. The van der Waals surface area contributed by atoms with Gasteiger partial charge in [-0.1, -0.05) is 35.3 Å². The van der Waals surface area contributed by atoms with Crippen LogP contribution < -0.4 is 5.32 Å². The molecule has 0 heterocycles. The van der Waals surface area contributed by atoms with Gasteiger partial charge in [-0.25, -0.2) is 4.39 Å². The smallest absolute Gasteiger partial charge is 0.141 e. The first-order valence-corrected chi connectivity index (χ1v) is 7.19. The second kappa shape index (κ2) is 6.12. The Bertz CT molecular complexity index is 604. The van der Waals surface area contributed by atoms with Gasteiger partial charge in [-0.05, 0) is 52.7 Å². The summed E-state index contributed by atoms with van der Waals surface area (Å²) < 4.78 is 13.9. The third kappa shape index (κ3) is 3.41. The van der Waals surface area contributed by atoms with Gasteiger partial charge in [0, 0.05) is 6.04 Å². The van der Waals surface area contributed by atoms with Gasteiger partial charge in [0.05, 0.1) is 20.2 Å². The summed E-state index contributed by atoms with van der Waals surface area (Å²) in [5.74, 6) is -0.415. The molecule has 1 nitrogen and oxygen atoms in total. The Morgan fingerprint density at radius 3 is 2.58 bits per heavy atom. The molecule has 2 aromatic rings. The summed E-state index contributed by atoms with van der Waals surface area (Å²) in [6.07, 6.45) is 0. The zero-order valence-corrected chi connectivity index (χ0v) is 13.2. The highest BCUT2D eigenvalue weighted by molar-refractivity contribution is 9.10. The van der Waals surface area contributed by atoms with Crippen molar-refractivity contribution < 1.29 is 4.39 Å². The molecule has 0 radical (unpaired) electrons. The van der Waals surface area contributed by atoms with Crippen molar-refractivity contribution in [3.8, 4) is 0 Å². The van der Waals surface area contributed by atoms with Gasteiger partial charge in [-0.2, -0.15) is 0 Å². The molecule has 0 spiro atoms. The normalized spacial score (nSPS) is 12.3. The first-order valence-electron chi connectivity index (χ1n) is 5.64. The molecule has 0 saturated heterocycles. The van der Waals surface area contributed by atoms with Crippen molar-refractivity contribution in [1.82, 2.24) is 0 Å². The van der Waals surface area contributed by atoms with Crippen LogP contribution in [-0.4, -0.2) is 0 Å². The summed E-state index contributed by atoms with van der Waals surface area (Å²) in [5, 5.41) is 4.06. The second-order valence-corrected chi connectivity index (χ2v) is 5.75. The maximum absolute atomic E-state index is 13.1. The van der Waals surface area contributed by atoms with Gasteiger partial charge in [0.1, 0.15) is 5.82 Å². The molecule has 0 aromatic heterocycles. The van der Waals surface area contributed by atoms with Gasteiger partial charge in [0.15, 0.2) is 0 Å². The maximum Gasteiger partial charge on any atom is 0.141 e. The van der Waals surface area contributed by atoms with E-state index in [1.165, 1.54) is 6.07 Å². The summed E-state index contributed by atoms with van der Waals surface area (Å²) in [6.45, 7) is 1.97. The van der Waals surface area contributed by atoms with Crippen LogP contribution in [0.15, 0.2) is 40.9 Å². The molecule has 1 N–H and O–H groups in total. The standard InChI is InChI=1S/C14H11BrCl2FN/c1-8(9-5-6-12(18)11(17)7-9)19-13-4-2-3-10(16)14(13)15/h2-8,19H,1H3. The highest BCUT2D eigenvalue weighted by Crippen LogP contribution is 2.32. The lowest BCUT2D eigenvalue weighted by Crippen LogP contribution is -2.07. The van der Waals surface area contributed by atoms with Crippen LogP contribution in [0.2, 0.25) is 10.0 Å². The third-order valence-corrected chi connectivity index (χ3v) is 4.45. The Kier molecular flexibility index (Phi) is 4.71. The number of anilines is 1. The molecule has 19 heavy (non-hydrogen) atoms. The van der Waals surface area contributed by atoms with Crippen LogP contribution in [0.3, 0.4) is 0 Å². The highest BCUT2D eigenvalue weighted by atomic mass is 79.9. The van der Waals surface area contributed by atoms with E-state index < -0.39 is 5.82 Å². The summed E-state index contributed by atoms with van der Waals surface area (Å²) in [7, 11) is 0. The van der Waals surface area contributed by atoms with Crippen molar-refractivity contribution in [3.63, 3.8) is 0 Å². The number of benzene rings is 2.